The van der Waals surface area contributed by atoms with Gasteiger partial charge in [-0.2, -0.15) is 0 Å². The second-order valence-electron chi connectivity index (χ2n) is 9.51. The third-order valence-corrected chi connectivity index (χ3v) is 6.85. The first kappa shape index (κ1) is 29.2. The number of pyridine rings is 1. The predicted octanol–water partition coefficient (Wildman–Crippen LogP) is 4.74. The van der Waals surface area contributed by atoms with Crippen LogP contribution < -0.4 is 21.5 Å². The third-order valence-electron chi connectivity index (χ3n) is 6.56. The number of halogens is 2. The van der Waals surface area contributed by atoms with Crippen molar-refractivity contribution in [3.8, 4) is 16.8 Å². The first-order valence-corrected chi connectivity index (χ1v) is 13.5. The Morgan fingerprint density at radius 2 is 1.98 bits per heavy atom. The summed E-state index contributed by atoms with van der Waals surface area (Å²) in [6.45, 7) is 0. The van der Waals surface area contributed by atoms with E-state index in [-0.39, 0.29) is 35.2 Å². The number of nitrogens with one attached hydrogen (secondary N) is 4. The number of aromatic amines is 1. The first-order valence-electron chi connectivity index (χ1n) is 13.1. The fraction of sp³-hybridized carbons (Fsp3) is 0.172. The third kappa shape index (κ3) is 6.79. The molecule has 2 bridgehead atoms. The van der Waals surface area contributed by atoms with Crippen molar-refractivity contribution in [3.63, 3.8) is 0 Å². The van der Waals surface area contributed by atoms with Gasteiger partial charge in [0.05, 0.1) is 30.1 Å². The number of carbonyl (C=O) groups is 3. The van der Waals surface area contributed by atoms with Crippen LogP contribution in [0.1, 0.15) is 41.5 Å². The highest BCUT2D eigenvalue weighted by molar-refractivity contribution is 6.30. The number of nitrogens with zero attached hydrogens (tertiary/aromatic N) is 3. The van der Waals surface area contributed by atoms with E-state index in [9.17, 15) is 23.6 Å². The molecule has 1 aliphatic heterocycles. The van der Waals surface area contributed by atoms with Gasteiger partial charge in [0.1, 0.15) is 5.69 Å². The van der Waals surface area contributed by atoms with Gasteiger partial charge in [0, 0.05) is 29.4 Å². The van der Waals surface area contributed by atoms with Crippen LogP contribution in [-0.4, -0.2) is 45.0 Å². The number of H-pyrrole nitrogens is 1. The molecule has 0 saturated heterocycles. The molecule has 220 valence electrons. The summed E-state index contributed by atoms with van der Waals surface area (Å²) in [6, 6.07) is 11.5. The maximum atomic E-state index is 14.5. The number of ether oxygens (including phenoxy) is 1. The molecule has 2 aromatic carbocycles. The fourth-order valence-electron chi connectivity index (χ4n) is 4.48. The molecule has 0 unspecified atom stereocenters. The van der Waals surface area contributed by atoms with E-state index in [0.29, 0.717) is 34.6 Å². The fourth-order valence-corrected chi connectivity index (χ4v) is 4.65. The molecule has 3 heterocycles. The Labute approximate surface area is 248 Å². The number of fused-ring (bicyclic) bond motifs is 4. The van der Waals surface area contributed by atoms with Crippen LogP contribution in [0.2, 0.25) is 5.02 Å². The molecule has 1 aliphatic rings. The molecule has 4 N–H and O–H groups in total. The van der Waals surface area contributed by atoms with Gasteiger partial charge in [-0.3, -0.25) is 19.7 Å². The molecular formula is C29H25ClFN7O5. The number of benzene rings is 2. The van der Waals surface area contributed by atoms with Crippen molar-refractivity contribution in [1.82, 2.24) is 25.3 Å². The summed E-state index contributed by atoms with van der Waals surface area (Å²) in [5, 5.41) is 15.9. The quantitative estimate of drug-likeness (QED) is 0.244. The van der Waals surface area contributed by atoms with Crippen molar-refractivity contribution >= 4 is 40.9 Å². The molecule has 0 radical (unpaired) electrons. The van der Waals surface area contributed by atoms with Crippen molar-refractivity contribution in [1.29, 1.82) is 0 Å². The summed E-state index contributed by atoms with van der Waals surface area (Å²) < 4.78 is 20.2. The van der Waals surface area contributed by atoms with E-state index in [1.807, 2.05) is 0 Å². The number of anilines is 2. The molecule has 12 nitrogen and oxygen atoms in total. The van der Waals surface area contributed by atoms with Crippen LogP contribution in [0.5, 0.6) is 0 Å². The van der Waals surface area contributed by atoms with Crippen LogP contribution in [0.3, 0.4) is 0 Å². The normalized spacial score (nSPS) is 15.5. The van der Waals surface area contributed by atoms with E-state index in [1.165, 1.54) is 31.5 Å². The average molecular weight is 606 g/mol. The lowest BCUT2D eigenvalue weighted by atomic mass is 10.00. The number of methoxy groups -OCH3 is 1. The van der Waals surface area contributed by atoms with Gasteiger partial charge in [0.25, 0.3) is 5.91 Å². The SMILES string of the molecule is COC(=O)Nc1ccc2c(c1)NC(=O)CC/C=C/C[C@H](NC(=O)c1cn(-c3cccc(Cl)c3F)nn1)c1cc-2cc(=O)[nH]1. The Kier molecular flexibility index (Phi) is 8.62. The van der Waals surface area contributed by atoms with Gasteiger partial charge in [0.15, 0.2) is 11.5 Å². The topological polar surface area (TPSA) is 160 Å². The van der Waals surface area contributed by atoms with E-state index < -0.39 is 29.4 Å². The molecule has 0 saturated carbocycles. The molecule has 43 heavy (non-hydrogen) atoms. The Morgan fingerprint density at radius 3 is 2.79 bits per heavy atom. The second kappa shape index (κ2) is 12.7. The maximum absolute atomic E-state index is 14.5. The summed E-state index contributed by atoms with van der Waals surface area (Å²) in [5.41, 5.74) is 1.59. The molecule has 4 aromatic rings. The van der Waals surface area contributed by atoms with Crippen LogP contribution in [0, 0.1) is 5.82 Å². The number of hydrogen-bond donors (Lipinski definition) is 4. The summed E-state index contributed by atoms with van der Waals surface area (Å²) in [5.74, 6) is -1.59. The number of carbonyl (C=O) groups excluding carboxylic acids is 3. The van der Waals surface area contributed by atoms with Crippen LogP contribution in [0.4, 0.5) is 20.6 Å². The van der Waals surface area contributed by atoms with Crippen molar-refractivity contribution in [2.75, 3.05) is 17.7 Å². The lowest BCUT2D eigenvalue weighted by Gasteiger charge is -2.18. The highest BCUT2D eigenvalue weighted by Crippen LogP contribution is 2.32. The molecule has 0 aliphatic carbocycles. The average Bonchev–Trinajstić information content (AvgIpc) is 3.47. The second-order valence-corrected chi connectivity index (χ2v) is 9.91. The summed E-state index contributed by atoms with van der Waals surface area (Å²) in [7, 11) is 1.23. The minimum atomic E-state index is -0.711. The van der Waals surface area contributed by atoms with Gasteiger partial charge >= 0.3 is 6.09 Å². The van der Waals surface area contributed by atoms with Crippen LogP contribution in [0.15, 0.2) is 71.7 Å². The van der Waals surface area contributed by atoms with Gasteiger partial charge in [-0.25, -0.2) is 13.9 Å². The molecular weight excluding hydrogens is 581 g/mol. The van der Waals surface area contributed by atoms with Gasteiger partial charge in [-0.1, -0.05) is 41.1 Å². The van der Waals surface area contributed by atoms with Crippen LogP contribution in [-0.2, 0) is 9.53 Å². The lowest BCUT2D eigenvalue weighted by Crippen LogP contribution is -2.30. The van der Waals surface area contributed by atoms with Gasteiger partial charge in [0.2, 0.25) is 11.5 Å². The molecule has 14 heteroatoms. The standard InChI is InChI=1S/C29H25ClFN7O5/c1-43-29(42)32-17-10-11-18-16-12-22(34-26(40)13-16)20(7-3-2-4-9-25(39)33-21(18)14-17)35-28(41)23-15-38(37-36-23)24-8-5-6-19(30)27(24)31/h2-3,5-6,8,10-15,20H,4,7,9H2,1H3,(H,32,42)(H,33,39)(H,34,40)(H,35,41)/b3-2+/t20-/m0/s1. The molecule has 0 spiro atoms. The zero-order valence-electron chi connectivity index (χ0n) is 22.7. The van der Waals surface area contributed by atoms with Gasteiger partial charge < -0.3 is 20.4 Å². The monoisotopic (exact) mass is 605 g/mol. The molecule has 5 rings (SSSR count). The minimum Gasteiger partial charge on any atom is -0.453 e. The highest BCUT2D eigenvalue weighted by Gasteiger charge is 2.21. The largest absolute Gasteiger partial charge is 0.453 e. The van der Waals surface area contributed by atoms with Crippen molar-refractivity contribution in [2.24, 2.45) is 0 Å². The van der Waals surface area contributed by atoms with E-state index >= 15 is 0 Å². The molecule has 1 atom stereocenters. The summed E-state index contributed by atoms with van der Waals surface area (Å²) in [6.07, 6.45) is 5.04. The van der Waals surface area contributed by atoms with Crippen LogP contribution >= 0.6 is 11.6 Å². The van der Waals surface area contributed by atoms with Crippen LogP contribution in [0.25, 0.3) is 16.8 Å². The van der Waals surface area contributed by atoms with Gasteiger partial charge in [-0.05, 0) is 48.7 Å². The van der Waals surface area contributed by atoms with Gasteiger partial charge in [-0.15, -0.1) is 5.10 Å². The first-order chi connectivity index (χ1) is 20.7. The Morgan fingerprint density at radius 1 is 1.14 bits per heavy atom. The summed E-state index contributed by atoms with van der Waals surface area (Å²) >= 11 is 5.87. The van der Waals surface area contributed by atoms with Crippen molar-refractivity contribution < 1.29 is 23.5 Å². The maximum Gasteiger partial charge on any atom is 0.411 e. The number of rotatable bonds is 4. The number of hydrogen-bond acceptors (Lipinski definition) is 7. The zero-order chi connectivity index (χ0) is 30.5. The Balaban J connectivity index is 1.49. The predicted molar refractivity (Wildman–Crippen MR) is 157 cm³/mol. The van der Waals surface area contributed by atoms with Crippen molar-refractivity contribution in [3.05, 3.63) is 99.5 Å². The smallest absolute Gasteiger partial charge is 0.411 e. The Hall–Kier alpha value is -5.30. The van der Waals surface area contributed by atoms with Crippen molar-refractivity contribution in [2.45, 2.75) is 25.3 Å². The van der Waals surface area contributed by atoms with E-state index in [4.69, 9.17) is 11.6 Å². The summed E-state index contributed by atoms with van der Waals surface area (Å²) in [4.78, 5) is 53.3. The molecule has 0 fully saturated rings. The number of amides is 3. The van der Waals surface area contributed by atoms with E-state index in [1.54, 1.807) is 42.5 Å². The number of aromatic nitrogens is 4. The highest BCUT2D eigenvalue weighted by atomic mass is 35.5. The van der Waals surface area contributed by atoms with E-state index in [0.717, 1.165) is 4.68 Å². The minimum absolute atomic E-state index is 0.0212. The number of allylic oxidation sites excluding steroid dienone is 1. The zero-order valence-corrected chi connectivity index (χ0v) is 23.4. The Bertz CT molecular complexity index is 1800. The lowest BCUT2D eigenvalue weighted by molar-refractivity contribution is -0.116. The molecule has 3 amide bonds. The van der Waals surface area contributed by atoms with E-state index in [2.05, 4.69) is 36.0 Å². The molecule has 2 aromatic heterocycles.